The van der Waals surface area contributed by atoms with Crippen molar-refractivity contribution in [2.75, 3.05) is 11.4 Å². The van der Waals surface area contributed by atoms with Crippen LogP contribution in [0.1, 0.15) is 39.2 Å². The van der Waals surface area contributed by atoms with Gasteiger partial charge in [-0.3, -0.25) is 9.59 Å². The van der Waals surface area contributed by atoms with E-state index in [0.717, 1.165) is 18.5 Å². The summed E-state index contributed by atoms with van der Waals surface area (Å²) in [5.74, 6) is 0.180. The summed E-state index contributed by atoms with van der Waals surface area (Å²) in [5.41, 5.74) is 7.97. The Morgan fingerprint density at radius 2 is 2.04 bits per heavy atom. The number of nitrogens with two attached hydrogens (primary N) is 1. The number of hydrogen-bond acceptors (Lipinski definition) is 3. The van der Waals surface area contributed by atoms with E-state index in [2.05, 4.69) is 25.2 Å². The molecule has 1 aliphatic rings. The molecule has 3 N–H and O–H groups in total. The minimum atomic E-state index is -0.510. The van der Waals surface area contributed by atoms with Gasteiger partial charge < -0.3 is 16.0 Å². The summed E-state index contributed by atoms with van der Waals surface area (Å²) in [7, 11) is 0. The third-order valence-electron chi connectivity index (χ3n) is 4.45. The summed E-state index contributed by atoms with van der Waals surface area (Å²) in [6, 6.07) is 7.27. The Hall–Kier alpha value is -2.14. The molecule has 0 unspecified atom stereocenters. The molecule has 5 nitrogen and oxygen atoms in total. The predicted molar refractivity (Wildman–Crippen MR) is 101 cm³/mol. The van der Waals surface area contributed by atoms with Gasteiger partial charge in [0.15, 0.2) is 0 Å². The fraction of sp³-hybridized carbons (Fsp3) is 0.500. The highest BCUT2D eigenvalue weighted by atomic mass is 16.2. The normalized spacial score (nSPS) is 16.1. The van der Waals surface area contributed by atoms with Crippen molar-refractivity contribution in [1.82, 2.24) is 5.32 Å². The summed E-state index contributed by atoms with van der Waals surface area (Å²) in [6.45, 7) is 6.76. The average molecular weight is 343 g/mol. The maximum atomic E-state index is 12.6. The van der Waals surface area contributed by atoms with Crippen molar-refractivity contribution < 1.29 is 9.59 Å². The van der Waals surface area contributed by atoms with Crippen molar-refractivity contribution in [3.63, 3.8) is 0 Å². The van der Waals surface area contributed by atoms with Gasteiger partial charge in [0.1, 0.15) is 0 Å². The lowest BCUT2D eigenvalue weighted by atomic mass is 10.0. The van der Waals surface area contributed by atoms with Gasteiger partial charge in [0.05, 0.1) is 6.04 Å². The van der Waals surface area contributed by atoms with Crippen LogP contribution in [-0.2, 0) is 16.0 Å². The first-order valence-electron chi connectivity index (χ1n) is 9.06. The van der Waals surface area contributed by atoms with Crippen molar-refractivity contribution in [1.29, 1.82) is 0 Å². The Balaban J connectivity index is 2.04. The smallest absolute Gasteiger partial charge is 0.250 e. The van der Waals surface area contributed by atoms with Gasteiger partial charge in [-0.1, -0.05) is 45.0 Å². The second kappa shape index (κ2) is 8.81. The highest BCUT2D eigenvalue weighted by Crippen LogP contribution is 2.27. The van der Waals surface area contributed by atoms with Gasteiger partial charge in [0.2, 0.25) is 5.91 Å². The van der Waals surface area contributed by atoms with E-state index in [1.54, 1.807) is 17.1 Å². The highest BCUT2D eigenvalue weighted by molar-refractivity contribution is 6.03. The van der Waals surface area contributed by atoms with E-state index < -0.39 is 6.04 Å². The highest BCUT2D eigenvalue weighted by Gasteiger charge is 2.23. The number of anilines is 1. The van der Waals surface area contributed by atoms with E-state index in [-0.39, 0.29) is 17.9 Å². The Morgan fingerprint density at radius 1 is 1.32 bits per heavy atom. The molecule has 0 spiro atoms. The van der Waals surface area contributed by atoms with Crippen LogP contribution in [0, 0.1) is 5.92 Å². The first kappa shape index (κ1) is 19.2. The molecule has 0 radical (unpaired) electrons. The van der Waals surface area contributed by atoms with Gasteiger partial charge in [-0.05, 0) is 36.8 Å². The summed E-state index contributed by atoms with van der Waals surface area (Å²) in [5, 5.41) is 2.94. The topological polar surface area (TPSA) is 75.4 Å². The van der Waals surface area contributed by atoms with Crippen molar-refractivity contribution >= 4 is 17.5 Å². The van der Waals surface area contributed by atoms with Gasteiger partial charge >= 0.3 is 0 Å². The van der Waals surface area contributed by atoms with E-state index in [1.807, 2.05) is 25.1 Å². The molecular formula is C20H29N3O2. The molecule has 0 fully saturated rings. The van der Waals surface area contributed by atoms with Crippen LogP contribution in [0.4, 0.5) is 5.69 Å². The fourth-order valence-electron chi connectivity index (χ4n) is 3.02. The molecule has 1 aromatic rings. The number of carbonyl (C=O) groups excluding carboxylic acids is 2. The molecule has 0 bridgehead atoms. The first-order chi connectivity index (χ1) is 11.9. The van der Waals surface area contributed by atoms with Crippen LogP contribution in [0.2, 0.25) is 0 Å². The summed E-state index contributed by atoms with van der Waals surface area (Å²) in [6.07, 6.45) is 5.61. The Labute approximate surface area is 150 Å². The number of nitrogens with zero attached hydrogens (tertiary/aromatic N) is 1. The van der Waals surface area contributed by atoms with E-state index in [0.29, 0.717) is 18.9 Å². The summed E-state index contributed by atoms with van der Waals surface area (Å²) < 4.78 is 0. The number of para-hydroxylation sites is 1. The van der Waals surface area contributed by atoms with Crippen LogP contribution >= 0.6 is 0 Å². The lowest BCUT2D eigenvalue weighted by molar-refractivity contribution is -0.123. The van der Waals surface area contributed by atoms with Crippen molar-refractivity contribution in [3.8, 4) is 0 Å². The van der Waals surface area contributed by atoms with Gasteiger partial charge in [-0.2, -0.15) is 0 Å². The molecule has 2 rings (SSSR count). The molecule has 2 atom stereocenters. The van der Waals surface area contributed by atoms with Crippen LogP contribution in [0.15, 0.2) is 36.4 Å². The second-order valence-electron chi connectivity index (χ2n) is 6.99. The predicted octanol–water partition coefficient (Wildman–Crippen LogP) is 2.40. The molecule has 1 aliphatic heterocycles. The zero-order valence-corrected chi connectivity index (χ0v) is 15.4. The molecule has 0 saturated heterocycles. The third kappa shape index (κ3) is 5.16. The molecule has 2 amide bonds. The van der Waals surface area contributed by atoms with Crippen molar-refractivity contribution in [2.45, 2.75) is 52.1 Å². The standard InChI is InChI=1S/C20H29N3O2/c1-4-17(21)20(25)22-16(13-14(2)3)9-10-19(24)23-12-11-15-7-5-6-8-18(15)23/h5-10,14,16-17H,4,11-13,21H2,1-3H3,(H,22,25)/t16-,17+/m1/s1. The zero-order chi connectivity index (χ0) is 18.4. The lowest BCUT2D eigenvalue weighted by Gasteiger charge is -2.20. The summed E-state index contributed by atoms with van der Waals surface area (Å²) >= 11 is 0. The number of nitrogens with one attached hydrogen (secondary N) is 1. The molecule has 0 aromatic heterocycles. The van der Waals surface area contributed by atoms with Crippen LogP contribution < -0.4 is 16.0 Å². The van der Waals surface area contributed by atoms with E-state index in [4.69, 9.17) is 5.73 Å². The average Bonchev–Trinajstić information content (AvgIpc) is 3.02. The summed E-state index contributed by atoms with van der Waals surface area (Å²) in [4.78, 5) is 26.4. The molecule has 0 aliphatic carbocycles. The van der Waals surface area contributed by atoms with Crippen molar-refractivity contribution in [3.05, 3.63) is 42.0 Å². The Kier molecular flexibility index (Phi) is 6.76. The molecule has 5 heteroatoms. The number of rotatable bonds is 7. The van der Waals surface area contributed by atoms with Gasteiger partial charge in [-0.25, -0.2) is 0 Å². The zero-order valence-electron chi connectivity index (χ0n) is 15.4. The lowest BCUT2D eigenvalue weighted by Crippen LogP contribution is -2.45. The van der Waals surface area contributed by atoms with Gasteiger partial charge in [0, 0.05) is 24.4 Å². The molecular weight excluding hydrogens is 314 g/mol. The van der Waals surface area contributed by atoms with E-state index in [9.17, 15) is 9.59 Å². The molecule has 136 valence electrons. The monoisotopic (exact) mass is 343 g/mol. The van der Waals surface area contributed by atoms with Crippen LogP contribution in [-0.4, -0.2) is 30.4 Å². The molecule has 25 heavy (non-hydrogen) atoms. The largest absolute Gasteiger partial charge is 0.349 e. The fourth-order valence-corrected chi connectivity index (χ4v) is 3.02. The number of benzene rings is 1. The molecule has 1 aromatic carbocycles. The maximum Gasteiger partial charge on any atom is 0.250 e. The van der Waals surface area contributed by atoms with Gasteiger partial charge in [0.25, 0.3) is 5.91 Å². The van der Waals surface area contributed by atoms with Crippen LogP contribution in [0.25, 0.3) is 0 Å². The molecule has 1 heterocycles. The molecule has 0 saturated carbocycles. The first-order valence-corrected chi connectivity index (χ1v) is 9.06. The number of carbonyl (C=O) groups is 2. The van der Waals surface area contributed by atoms with Crippen LogP contribution in [0.5, 0.6) is 0 Å². The number of fused-ring (bicyclic) bond motifs is 1. The van der Waals surface area contributed by atoms with E-state index >= 15 is 0 Å². The van der Waals surface area contributed by atoms with Crippen LogP contribution in [0.3, 0.4) is 0 Å². The maximum absolute atomic E-state index is 12.6. The number of amides is 2. The second-order valence-corrected chi connectivity index (χ2v) is 6.99. The van der Waals surface area contributed by atoms with Crippen molar-refractivity contribution in [2.24, 2.45) is 11.7 Å². The Morgan fingerprint density at radius 3 is 2.72 bits per heavy atom. The third-order valence-corrected chi connectivity index (χ3v) is 4.45. The number of hydrogen-bond donors (Lipinski definition) is 2. The van der Waals surface area contributed by atoms with Gasteiger partial charge in [-0.15, -0.1) is 0 Å². The Bertz CT molecular complexity index is 640. The SMILES string of the molecule is CC[C@H](N)C(=O)N[C@H](C=CC(=O)N1CCc2ccccc21)CC(C)C. The minimum absolute atomic E-state index is 0.0484. The van der Waals surface area contributed by atoms with E-state index in [1.165, 1.54) is 5.56 Å². The minimum Gasteiger partial charge on any atom is -0.349 e. The quantitative estimate of drug-likeness (QED) is 0.747.